The van der Waals surface area contributed by atoms with Crippen LogP contribution >= 0.6 is 0 Å². The number of hydrogen-bond acceptors (Lipinski definition) is 4. The third kappa shape index (κ3) is 4.46. The van der Waals surface area contributed by atoms with Crippen LogP contribution < -0.4 is 15.0 Å². The minimum absolute atomic E-state index is 0.0897. The molecule has 0 aliphatic carbocycles. The van der Waals surface area contributed by atoms with Gasteiger partial charge in [-0.3, -0.25) is 9.59 Å². The van der Waals surface area contributed by atoms with Gasteiger partial charge in [0.25, 0.3) is 11.8 Å². The first-order valence-corrected chi connectivity index (χ1v) is 10.4. The van der Waals surface area contributed by atoms with Crippen molar-refractivity contribution in [2.75, 3.05) is 36.4 Å². The predicted octanol–water partition coefficient (Wildman–Crippen LogP) is 3.68. The first kappa shape index (κ1) is 20.3. The van der Waals surface area contributed by atoms with Gasteiger partial charge in [0.2, 0.25) is 0 Å². The molecule has 1 fully saturated rings. The van der Waals surface area contributed by atoms with Gasteiger partial charge in [-0.2, -0.15) is 0 Å². The number of ether oxygens (including phenoxy) is 1. The molecule has 2 aliphatic rings. The molecule has 2 heterocycles. The largest absolute Gasteiger partial charge is 0.479 e. The molecule has 158 valence electrons. The number of amides is 2. The van der Waals surface area contributed by atoms with Crippen molar-refractivity contribution in [3.05, 3.63) is 53.8 Å². The first-order valence-electron chi connectivity index (χ1n) is 10.4. The van der Waals surface area contributed by atoms with E-state index in [1.54, 1.807) is 36.1 Å². The summed E-state index contributed by atoms with van der Waals surface area (Å²) >= 11 is 0. The molecule has 0 saturated carbocycles. The average Bonchev–Trinajstić information content (AvgIpc) is 2.75. The highest BCUT2D eigenvalue weighted by Gasteiger charge is 2.32. The standard InChI is InChI=1S/C23H26FN3O3/c1-16-23(29)27(13-12-26-10-3-2-4-11-26)20-15-19(8-9-21(20)30-16)25-22(28)17-6-5-7-18(24)14-17/h5-9,14-16H,2-4,10-13H2,1H3,(H,25,28). The third-order valence-electron chi connectivity index (χ3n) is 5.60. The molecule has 0 bridgehead atoms. The molecule has 0 spiro atoms. The van der Waals surface area contributed by atoms with Gasteiger partial charge in [0.05, 0.1) is 5.69 Å². The SMILES string of the molecule is CC1Oc2ccc(NC(=O)c3cccc(F)c3)cc2N(CCN2CCCCC2)C1=O. The molecule has 2 aliphatic heterocycles. The van der Waals surface area contributed by atoms with Crippen LogP contribution in [0.5, 0.6) is 5.75 Å². The summed E-state index contributed by atoms with van der Waals surface area (Å²) in [7, 11) is 0. The summed E-state index contributed by atoms with van der Waals surface area (Å²) in [5.74, 6) is -0.353. The number of benzene rings is 2. The van der Waals surface area contributed by atoms with E-state index < -0.39 is 17.8 Å². The Morgan fingerprint density at radius 3 is 2.70 bits per heavy atom. The fourth-order valence-electron chi connectivity index (χ4n) is 3.97. The molecule has 30 heavy (non-hydrogen) atoms. The van der Waals surface area contributed by atoms with Crippen LogP contribution in [-0.2, 0) is 4.79 Å². The van der Waals surface area contributed by atoms with E-state index in [0.29, 0.717) is 23.7 Å². The number of piperidine rings is 1. The van der Waals surface area contributed by atoms with Crippen molar-refractivity contribution in [2.24, 2.45) is 0 Å². The van der Waals surface area contributed by atoms with Crippen LogP contribution in [0.15, 0.2) is 42.5 Å². The van der Waals surface area contributed by atoms with E-state index in [1.165, 1.54) is 37.5 Å². The summed E-state index contributed by atoms with van der Waals surface area (Å²) in [5.41, 5.74) is 1.40. The Hall–Kier alpha value is -2.93. The second kappa shape index (κ2) is 8.83. The van der Waals surface area contributed by atoms with Gasteiger partial charge in [-0.15, -0.1) is 0 Å². The second-order valence-corrected chi connectivity index (χ2v) is 7.80. The van der Waals surface area contributed by atoms with Crippen molar-refractivity contribution in [3.8, 4) is 5.75 Å². The van der Waals surface area contributed by atoms with E-state index >= 15 is 0 Å². The summed E-state index contributed by atoms with van der Waals surface area (Å²) < 4.78 is 19.2. The Morgan fingerprint density at radius 1 is 1.13 bits per heavy atom. The van der Waals surface area contributed by atoms with Crippen LogP contribution in [0.3, 0.4) is 0 Å². The molecule has 0 radical (unpaired) electrons. The molecule has 2 amide bonds. The van der Waals surface area contributed by atoms with E-state index in [1.807, 2.05) is 0 Å². The van der Waals surface area contributed by atoms with E-state index in [2.05, 4.69) is 10.2 Å². The van der Waals surface area contributed by atoms with Gasteiger partial charge in [0.15, 0.2) is 6.10 Å². The van der Waals surface area contributed by atoms with Crippen LogP contribution in [0, 0.1) is 5.82 Å². The van der Waals surface area contributed by atoms with Crippen LogP contribution in [0.2, 0.25) is 0 Å². The van der Waals surface area contributed by atoms with Gasteiger partial charge in [0, 0.05) is 24.3 Å². The van der Waals surface area contributed by atoms with Gasteiger partial charge >= 0.3 is 0 Å². The lowest BCUT2D eigenvalue weighted by Crippen LogP contribution is -2.48. The Balaban J connectivity index is 1.53. The van der Waals surface area contributed by atoms with E-state index in [0.717, 1.165) is 19.6 Å². The zero-order valence-corrected chi connectivity index (χ0v) is 17.1. The smallest absolute Gasteiger partial charge is 0.267 e. The second-order valence-electron chi connectivity index (χ2n) is 7.80. The Bertz CT molecular complexity index is 943. The zero-order valence-electron chi connectivity index (χ0n) is 17.1. The first-order chi connectivity index (χ1) is 14.5. The third-order valence-corrected chi connectivity index (χ3v) is 5.60. The lowest BCUT2D eigenvalue weighted by Gasteiger charge is -2.35. The molecular formula is C23H26FN3O3. The number of halogens is 1. The van der Waals surface area contributed by atoms with Gasteiger partial charge in [-0.05, 0) is 69.3 Å². The summed E-state index contributed by atoms with van der Waals surface area (Å²) in [6.45, 7) is 5.24. The highest BCUT2D eigenvalue weighted by atomic mass is 19.1. The van der Waals surface area contributed by atoms with Crippen molar-refractivity contribution in [1.29, 1.82) is 0 Å². The number of nitrogens with one attached hydrogen (secondary N) is 1. The maximum atomic E-state index is 13.4. The van der Waals surface area contributed by atoms with Crippen molar-refractivity contribution in [2.45, 2.75) is 32.3 Å². The number of fused-ring (bicyclic) bond motifs is 1. The van der Waals surface area contributed by atoms with Gasteiger partial charge < -0.3 is 19.9 Å². The van der Waals surface area contributed by atoms with Crippen LogP contribution in [-0.4, -0.2) is 49.0 Å². The molecule has 2 aromatic rings. The number of likely N-dealkylation sites (tertiary alicyclic amines) is 1. The van der Waals surface area contributed by atoms with Crippen LogP contribution in [0.1, 0.15) is 36.5 Å². The molecule has 4 rings (SSSR count). The summed E-state index contributed by atoms with van der Waals surface area (Å²) in [6.07, 6.45) is 3.11. The molecule has 2 aromatic carbocycles. The Labute approximate surface area is 175 Å². The van der Waals surface area contributed by atoms with Crippen molar-refractivity contribution in [1.82, 2.24) is 4.90 Å². The molecule has 0 aromatic heterocycles. The molecule has 1 N–H and O–H groups in total. The molecular weight excluding hydrogens is 385 g/mol. The fourth-order valence-corrected chi connectivity index (χ4v) is 3.97. The summed E-state index contributed by atoms with van der Waals surface area (Å²) in [4.78, 5) is 29.4. The minimum atomic E-state index is -0.549. The maximum Gasteiger partial charge on any atom is 0.267 e. The highest BCUT2D eigenvalue weighted by Crippen LogP contribution is 2.36. The minimum Gasteiger partial charge on any atom is -0.479 e. The summed E-state index contributed by atoms with van der Waals surface area (Å²) in [6, 6.07) is 10.7. The number of rotatable bonds is 5. The van der Waals surface area contributed by atoms with Gasteiger partial charge in [-0.25, -0.2) is 4.39 Å². The molecule has 1 atom stereocenters. The Kier molecular flexibility index (Phi) is 5.99. The quantitative estimate of drug-likeness (QED) is 0.815. The molecule has 1 saturated heterocycles. The Morgan fingerprint density at radius 2 is 1.93 bits per heavy atom. The maximum absolute atomic E-state index is 13.4. The monoisotopic (exact) mass is 411 g/mol. The normalized spacial score (nSPS) is 19.2. The summed E-state index contributed by atoms with van der Waals surface area (Å²) in [5, 5.41) is 2.78. The number of carbonyl (C=O) groups is 2. The van der Waals surface area contributed by atoms with E-state index in [9.17, 15) is 14.0 Å². The molecule has 1 unspecified atom stereocenters. The lowest BCUT2D eigenvalue weighted by molar-refractivity contribution is -0.125. The van der Waals surface area contributed by atoms with Crippen molar-refractivity contribution >= 4 is 23.2 Å². The van der Waals surface area contributed by atoms with E-state index in [-0.39, 0.29) is 11.5 Å². The van der Waals surface area contributed by atoms with Crippen molar-refractivity contribution < 1.29 is 18.7 Å². The fraction of sp³-hybridized carbons (Fsp3) is 0.391. The van der Waals surface area contributed by atoms with Crippen LogP contribution in [0.25, 0.3) is 0 Å². The van der Waals surface area contributed by atoms with Crippen molar-refractivity contribution in [3.63, 3.8) is 0 Å². The van der Waals surface area contributed by atoms with Crippen LogP contribution in [0.4, 0.5) is 15.8 Å². The topological polar surface area (TPSA) is 61.9 Å². The van der Waals surface area contributed by atoms with E-state index in [4.69, 9.17) is 4.74 Å². The molecule has 6 nitrogen and oxygen atoms in total. The number of hydrogen-bond donors (Lipinski definition) is 1. The number of carbonyl (C=O) groups excluding carboxylic acids is 2. The molecule has 7 heteroatoms. The number of nitrogens with zero attached hydrogens (tertiary/aromatic N) is 2. The van der Waals surface area contributed by atoms with Gasteiger partial charge in [0.1, 0.15) is 11.6 Å². The average molecular weight is 411 g/mol. The lowest BCUT2D eigenvalue weighted by atomic mass is 10.1. The van der Waals surface area contributed by atoms with Gasteiger partial charge in [-0.1, -0.05) is 12.5 Å². The zero-order chi connectivity index (χ0) is 21.1. The highest BCUT2D eigenvalue weighted by molar-refractivity contribution is 6.05. The number of anilines is 2. The predicted molar refractivity (Wildman–Crippen MR) is 114 cm³/mol.